The quantitative estimate of drug-likeness (QED) is 0.607. The molecule has 3 N–H and O–H groups in total. The van der Waals surface area contributed by atoms with Crippen molar-refractivity contribution in [2.24, 2.45) is 5.73 Å². The van der Waals surface area contributed by atoms with Gasteiger partial charge in [0, 0.05) is 19.0 Å². The summed E-state index contributed by atoms with van der Waals surface area (Å²) in [7, 11) is 0. The summed E-state index contributed by atoms with van der Waals surface area (Å²) >= 11 is 6.03. The molecule has 0 aliphatic heterocycles. The molecule has 0 radical (unpaired) electrons. The maximum atomic E-state index is 7.23. The Bertz CT molecular complexity index is 366. The van der Waals surface area contributed by atoms with Crippen molar-refractivity contribution >= 4 is 23.3 Å². The molecular formula is C10H16ClN5. The van der Waals surface area contributed by atoms with Crippen molar-refractivity contribution in [2.75, 3.05) is 11.4 Å². The van der Waals surface area contributed by atoms with Crippen molar-refractivity contribution in [3.63, 3.8) is 0 Å². The Morgan fingerprint density at radius 2 is 2.31 bits per heavy atom. The Morgan fingerprint density at radius 3 is 2.81 bits per heavy atom. The fourth-order valence-electron chi connectivity index (χ4n) is 1.37. The van der Waals surface area contributed by atoms with Crippen LogP contribution in [0.15, 0.2) is 12.5 Å². The summed E-state index contributed by atoms with van der Waals surface area (Å²) < 4.78 is 0. The van der Waals surface area contributed by atoms with Gasteiger partial charge in [-0.3, -0.25) is 5.41 Å². The van der Waals surface area contributed by atoms with Crippen LogP contribution in [0.2, 0.25) is 5.02 Å². The molecule has 0 saturated carbocycles. The van der Waals surface area contributed by atoms with Crippen LogP contribution in [0.3, 0.4) is 0 Å². The van der Waals surface area contributed by atoms with Crippen LogP contribution in [-0.2, 0) is 0 Å². The molecule has 0 atom stereocenters. The Labute approximate surface area is 100 Å². The number of rotatable bonds is 5. The molecule has 16 heavy (non-hydrogen) atoms. The van der Waals surface area contributed by atoms with Gasteiger partial charge >= 0.3 is 0 Å². The Morgan fingerprint density at radius 1 is 1.62 bits per heavy atom. The fourth-order valence-corrected chi connectivity index (χ4v) is 1.58. The molecule has 1 heterocycles. The Hall–Kier alpha value is -1.36. The van der Waals surface area contributed by atoms with Crippen molar-refractivity contribution in [3.05, 3.63) is 17.5 Å². The lowest BCUT2D eigenvalue weighted by molar-refractivity contribution is 0.678. The van der Waals surface area contributed by atoms with E-state index < -0.39 is 0 Å². The van der Waals surface area contributed by atoms with E-state index in [9.17, 15) is 0 Å². The minimum absolute atomic E-state index is 0.163. The molecular weight excluding hydrogens is 226 g/mol. The highest BCUT2D eigenvalue weighted by Crippen LogP contribution is 2.23. The number of nitrogens with zero attached hydrogens (tertiary/aromatic N) is 3. The monoisotopic (exact) mass is 241 g/mol. The number of nitrogens with one attached hydrogen (secondary N) is 1. The first-order valence-electron chi connectivity index (χ1n) is 5.07. The van der Waals surface area contributed by atoms with Gasteiger partial charge in [-0.05, 0) is 13.8 Å². The van der Waals surface area contributed by atoms with Crippen molar-refractivity contribution in [1.29, 1.82) is 5.41 Å². The van der Waals surface area contributed by atoms with Gasteiger partial charge in [0.05, 0.1) is 12.0 Å². The highest BCUT2D eigenvalue weighted by molar-refractivity contribution is 6.32. The zero-order chi connectivity index (χ0) is 12.1. The summed E-state index contributed by atoms with van der Waals surface area (Å²) in [6, 6.07) is 0.242. The van der Waals surface area contributed by atoms with Crippen LogP contribution in [0, 0.1) is 5.41 Å². The van der Waals surface area contributed by atoms with Crippen LogP contribution in [-0.4, -0.2) is 28.4 Å². The highest BCUT2D eigenvalue weighted by Gasteiger charge is 2.15. The van der Waals surface area contributed by atoms with E-state index in [1.54, 1.807) is 6.20 Å². The third-order valence-electron chi connectivity index (χ3n) is 2.17. The second kappa shape index (κ2) is 5.65. The summed E-state index contributed by atoms with van der Waals surface area (Å²) in [5, 5.41) is 7.74. The smallest absolute Gasteiger partial charge is 0.151 e. The van der Waals surface area contributed by atoms with Gasteiger partial charge in [-0.2, -0.15) is 0 Å². The molecule has 88 valence electrons. The van der Waals surface area contributed by atoms with Crippen LogP contribution >= 0.6 is 11.6 Å². The van der Waals surface area contributed by atoms with Gasteiger partial charge in [-0.15, -0.1) is 0 Å². The van der Waals surface area contributed by atoms with Crippen molar-refractivity contribution in [1.82, 2.24) is 9.97 Å². The Balaban J connectivity index is 2.85. The average molecular weight is 242 g/mol. The van der Waals surface area contributed by atoms with E-state index in [1.807, 2.05) is 18.7 Å². The van der Waals surface area contributed by atoms with Crippen molar-refractivity contribution < 1.29 is 0 Å². The average Bonchev–Trinajstić information content (AvgIpc) is 2.20. The van der Waals surface area contributed by atoms with E-state index in [2.05, 4.69) is 9.97 Å². The van der Waals surface area contributed by atoms with Crippen LogP contribution in [0.1, 0.15) is 20.3 Å². The summed E-state index contributed by atoms with van der Waals surface area (Å²) in [5.41, 5.74) is 5.35. The fraction of sp³-hybridized carbons (Fsp3) is 0.500. The lowest BCUT2D eigenvalue weighted by atomic mass is 10.2. The van der Waals surface area contributed by atoms with E-state index >= 15 is 0 Å². The topological polar surface area (TPSA) is 78.9 Å². The summed E-state index contributed by atoms with van der Waals surface area (Å²) in [4.78, 5) is 10.00. The molecule has 0 amide bonds. The highest BCUT2D eigenvalue weighted by atomic mass is 35.5. The molecule has 0 fully saturated rings. The number of hydrogen-bond acceptors (Lipinski definition) is 4. The molecule has 0 aromatic carbocycles. The molecule has 0 saturated heterocycles. The molecule has 0 spiro atoms. The minimum atomic E-state index is 0.163. The van der Waals surface area contributed by atoms with E-state index in [0.29, 0.717) is 23.8 Å². The number of anilines is 1. The number of halogens is 1. The standard InChI is InChI=1S/C10H16ClN5/c1-7(2)16(4-3-9(12)13)10-8(11)5-14-6-15-10/h5-7H,3-4H2,1-2H3,(H3,12,13). The van der Waals surface area contributed by atoms with Gasteiger partial charge in [-0.25, -0.2) is 9.97 Å². The summed E-state index contributed by atoms with van der Waals surface area (Å²) in [6.07, 6.45) is 3.52. The molecule has 5 nitrogen and oxygen atoms in total. The molecule has 0 aliphatic carbocycles. The minimum Gasteiger partial charge on any atom is -0.388 e. The lowest BCUT2D eigenvalue weighted by Gasteiger charge is -2.28. The first-order valence-corrected chi connectivity index (χ1v) is 5.45. The number of aromatic nitrogens is 2. The van der Waals surface area contributed by atoms with Crippen LogP contribution in [0.5, 0.6) is 0 Å². The maximum absolute atomic E-state index is 7.23. The molecule has 0 unspecified atom stereocenters. The normalized spacial score (nSPS) is 10.5. The predicted molar refractivity (Wildman–Crippen MR) is 66.1 cm³/mol. The Kier molecular flexibility index (Phi) is 4.49. The van der Waals surface area contributed by atoms with Crippen LogP contribution in [0.4, 0.5) is 5.82 Å². The van der Waals surface area contributed by atoms with Gasteiger partial charge in [0.1, 0.15) is 11.3 Å². The van der Waals surface area contributed by atoms with Crippen molar-refractivity contribution in [2.45, 2.75) is 26.3 Å². The molecule has 1 aromatic rings. The first kappa shape index (κ1) is 12.7. The predicted octanol–water partition coefficient (Wildman–Crippen LogP) is 1.67. The van der Waals surface area contributed by atoms with E-state index in [-0.39, 0.29) is 11.9 Å². The van der Waals surface area contributed by atoms with E-state index in [1.165, 1.54) is 6.33 Å². The van der Waals surface area contributed by atoms with Gasteiger partial charge < -0.3 is 10.6 Å². The van der Waals surface area contributed by atoms with Gasteiger partial charge in [0.2, 0.25) is 0 Å². The largest absolute Gasteiger partial charge is 0.388 e. The number of nitrogens with two attached hydrogens (primary N) is 1. The zero-order valence-electron chi connectivity index (χ0n) is 9.44. The first-order chi connectivity index (χ1) is 7.52. The zero-order valence-corrected chi connectivity index (χ0v) is 10.2. The second-order valence-electron chi connectivity index (χ2n) is 3.76. The molecule has 0 aliphatic rings. The molecule has 0 bridgehead atoms. The summed E-state index contributed by atoms with van der Waals surface area (Å²) in [5.74, 6) is 0.851. The third kappa shape index (κ3) is 3.34. The van der Waals surface area contributed by atoms with Crippen LogP contribution < -0.4 is 10.6 Å². The third-order valence-corrected chi connectivity index (χ3v) is 2.43. The number of amidine groups is 1. The van der Waals surface area contributed by atoms with Crippen molar-refractivity contribution in [3.8, 4) is 0 Å². The van der Waals surface area contributed by atoms with Crippen LogP contribution in [0.25, 0.3) is 0 Å². The number of hydrogen-bond donors (Lipinski definition) is 2. The lowest BCUT2D eigenvalue weighted by Crippen LogP contribution is -2.34. The van der Waals surface area contributed by atoms with Gasteiger partial charge in [-0.1, -0.05) is 11.6 Å². The van der Waals surface area contributed by atoms with E-state index in [4.69, 9.17) is 22.7 Å². The van der Waals surface area contributed by atoms with E-state index in [0.717, 1.165) is 0 Å². The maximum Gasteiger partial charge on any atom is 0.151 e. The molecule has 1 rings (SSSR count). The second-order valence-corrected chi connectivity index (χ2v) is 4.16. The SMILES string of the molecule is CC(C)N(CCC(=N)N)c1ncncc1Cl. The molecule has 1 aromatic heterocycles. The van der Waals surface area contributed by atoms with Gasteiger partial charge in [0.25, 0.3) is 0 Å². The summed E-state index contributed by atoms with van der Waals surface area (Å²) in [6.45, 7) is 4.71. The van der Waals surface area contributed by atoms with Gasteiger partial charge in [0.15, 0.2) is 5.82 Å². The molecule has 6 heteroatoms.